The fourth-order valence-corrected chi connectivity index (χ4v) is 2.90. The summed E-state index contributed by atoms with van der Waals surface area (Å²) in [7, 11) is -1.80. The van der Waals surface area contributed by atoms with Crippen LogP contribution in [0.2, 0.25) is 0 Å². The second-order valence-corrected chi connectivity index (χ2v) is 5.75. The molecule has 1 aliphatic rings. The topological polar surface area (TPSA) is 61.4 Å². The second kappa shape index (κ2) is 5.79. The monoisotopic (exact) mass is 235 g/mol. The Morgan fingerprint density at radius 2 is 2.27 bits per heavy atom. The van der Waals surface area contributed by atoms with Crippen LogP contribution in [-0.2, 0) is 10.2 Å². The Morgan fingerprint density at radius 3 is 2.73 bits per heavy atom. The van der Waals surface area contributed by atoms with Crippen LogP contribution in [0.1, 0.15) is 19.8 Å². The van der Waals surface area contributed by atoms with Crippen molar-refractivity contribution >= 4 is 10.2 Å². The molecular weight excluding hydrogens is 214 g/mol. The number of rotatable bonds is 5. The number of hydrogen-bond acceptors (Lipinski definition) is 3. The van der Waals surface area contributed by atoms with Crippen molar-refractivity contribution in [3.63, 3.8) is 0 Å². The highest BCUT2D eigenvalue weighted by molar-refractivity contribution is 7.87. The third-order valence-corrected chi connectivity index (χ3v) is 4.41. The molecule has 0 spiro atoms. The first-order valence-corrected chi connectivity index (χ1v) is 6.93. The summed E-state index contributed by atoms with van der Waals surface area (Å²) < 4.78 is 27.1. The smallest absolute Gasteiger partial charge is 0.279 e. The SMILES string of the molecule is CCN(CC1CCCNC1)S(=O)(=O)NC. The average Bonchev–Trinajstić information content (AvgIpc) is 2.27. The van der Waals surface area contributed by atoms with Gasteiger partial charge in [0.2, 0.25) is 0 Å². The molecule has 1 saturated heterocycles. The highest BCUT2D eigenvalue weighted by Crippen LogP contribution is 2.13. The van der Waals surface area contributed by atoms with Crippen LogP contribution in [0.15, 0.2) is 0 Å². The molecule has 0 aliphatic carbocycles. The van der Waals surface area contributed by atoms with Crippen molar-refractivity contribution in [1.29, 1.82) is 0 Å². The van der Waals surface area contributed by atoms with Crippen LogP contribution >= 0.6 is 0 Å². The molecule has 1 unspecified atom stereocenters. The molecule has 1 rings (SSSR count). The van der Waals surface area contributed by atoms with Crippen molar-refractivity contribution in [3.8, 4) is 0 Å². The highest BCUT2D eigenvalue weighted by atomic mass is 32.2. The summed E-state index contributed by atoms with van der Waals surface area (Å²) in [5, 5.41) is 3.29. The van der Waals surface area contributed by atoms with Gasteiger partial charge in [-0.15, -0.1) is 0 Å². The van der Waals surface area contributed by atoms with Gasteiger partial charge in [0.25, 0.3) is 10.2 Å². The largest absolute Gasteiger partial charge is 0.316 e. The van der Waals surface area contributed by atoms with E-state index in [9.17, 15) is 8.42 Å². The van der Waals surface area contributed by atoms with Gasteiger partial charge in [-0.25, -0.2) is 4.72 Å². The minimum Gasteiger partial charge on any atom is -0.316 e. The van der Waals surface area contributed by atoms with Gasteiger partial charge in [0, 0.05) is 20.1 Å². The molecule has 0 aromatic carbocycles. The van der Waals surface area contributed by atoms with Crippen LogP contribution in [0.3, 0.4) is 0 Å². The highest BCUT2D eigenvalue weighted by Gasteiger charge is 2.23. The van der Waals surface area contributed by atoms with E-state index in [4.69, 9.17) is 0 Å². The van der Waals surface area contributed by atoms with Crippen molar-refractivity contribution in [3.05, 3.63) is 0 Å². The summed E-state index contributed by atoms with van der Waals surface area (Å²) in [5.41, 5.74) is 0. The molecule has 15 heavy (non-hydrogen) atoms. The van der Waals surface area contributed by atoms with Gasteiger partial charge in [-0.1, -0.05) is 6.92 Å². The zero-order chi connectivity index (χ0) is 11.3. The first kappa shape index (κ1) is 12.9. The lowest BCUT2D eigenvalue weighted by molar-refractivity contribution is 0.296. The van der Waals surface area contributed by atoms with Gasteiger partial charge in [0.15, 0.2) is 0 Å². The summed E-state index contributed by atoms with van der Waals surface area (Å²) in [6.45, 7) is 4.99. The first-order chi connectivity index (χ1) is 7.10. The average molecular weight is 235 g/mol. The zero-order valence-corrected chi connectivity index (χ0v) is 10.3. The Hall–Kier alpha value is -0.170. The summed E-state index contributed by atoms with van der Waals surface area (Å²) in [4.78, 5) is 0. The maximum absolute atomic E-state index is 11.6. The number of hydrogen-bond donors (Lipinski definition) is 2. The summed E-state index contributed by atoms with van der Waals surface area (Å²) in [5.74, 6) is 0.446. The van der Waals surface area contributed by atoms with Crippen molar-refractivity contribution in [2.75, 3.05) is 33.2 Å². The molecule has 0 aromatic heterocycles. The van der Waals surface area contributed by atoms with Gasteiger partial charge in [-0.2, -0.15) is 12.7 Å². The van der Waals surface area contributed by atoms with E-state index in [1.807, 2.05) is 6.92 Å². The fraction of sp³-hybridized carbons (Fsp3) is 1.00. The molecule has 0 saturated carbocycles. The molecule has 0 amide bonds. The third kappa shape index (κ3) is 3.71. The van der Waals surface area contributed by atoms with Crippen molar-refractivity contribution in [1.82, 2.24) is 14.3 Å². The standard InChI is InChI=1S/C9H21N3O2S/c1-3-12(15(13,14)10-2)8-9-5-4-6-11-7-9/h9-11H,3-8H2,1-2H3. The van der Waals surface area contributed by atoms with Gasteiger partial charge in [0.05, 0.1) is 0 Å². The quantitative estimate of drug-likeness (QED) is 0.692. The van der Waals surface area contributed by atoms with Crippen LogP contribution in [0.5, 0.6) is 0 Å². The van der Waals surface area contributed by atoms with E-state index in [-0.39, 0.29) is 0 Å². The van der Waals surface area contributed by atoms with E-state index in [1.165, 1.54) is 11.4 Å². The molecule has 0 radical (unpaired) electrons. The van der Waals surface area contributed by atoms with E-state index < -0.39 is 10.2 Å². The molecule has 0 bridgehead atoms. The number of nitrogens with one attached hydrogen (secondary N) is 2. The van der Waals surface area contributed by atoms with Crippen molar-refractivity contribution < 1.29 is 8.42 Å². The van der Waals surface area contributed by atoms with Gasteiger partial charge in [-0.05, 0) is 31.8 Å². The molecule has 1 fully saturated rings. The normalized spacial score (nSPS) is 23.3. The summed E-state index contributed by atoms with van der Waals surface area (Å²) >= 11 is 0. The van der Waals surface area contributed by atoms with Gasteiger partial charge >= 0.3 is 0 Å². The first-order valence-electron chi connectivity index (χ1n) is 5.49. The molecule has 6 heteroatoms. The Labute approximate surface area is 92.4 Å². The van der Waals surface area contributed by atoms with Crippen LogP contribution in [0.4, 0.5) is 0 Å². The van der Waals surface area contributed by atoms with Crippen LogP contribution < -0.4 is 10.0 Å². The molecule has 2 N–H and O–H groups in total. The maximum atomic E-state index is 11.6. The lowest BCUT2D eigenvalue weighted by Crippen LogP contribution is -2.44. The van der Waals surface area contributed by atoms with Crippen molar-refractivity contribution in [2.24, 2.45) is 5.92 Å². The van der Waals surface area contributed by atoms with E-state index >= 15 is 0 Å². The molecule has 90 valence electrons. The molecule has 1 aliphatic heterocycles. The number of nitrogens with zero attached hydrogens (tertiary/aromatic N) is 1. The van der Waals surface area contributed by atoms with Crippen LogP contribution in [-0.4, -0.2) is 45.9 Å². The Balaban J connectivity index is 2.52. The van der Waals surface area contributed by atoms with Gasteiger partial charge < -0.3 is 5.32 Å². The van der Waals surface area contributed by atoms with E-state index in [2.05, 4.69) is 10.0 Å². The minimum atomic E-state index is -3.25. The molecular formula is C9H21N3O2S. The maximum Gasteiger partial charge on any atom is 0.279 e. The molecule has 1 atom stereocenters. The van der Waals surface area contributed by atoms with Crippen LogP contribution in [0, 0.1) is 5.92 Å². The number of piperidine rings is 1. The van der Waals surface area contributed by atoms with E-state index in [1.54, 1.807) is 0 Å². The van der Waals surface area contributed by atoms with E-state index in [0.717, 1.165) is 25.9 Å². The Morgan fingerprint density at radius 1 is 1.53 bits per heavy atom. The van der Waals surface area contributed by atoms with Gasteiger partial charge in [0.1, 0.15) is 0 Å². The Kier molecular flexibility index (Phi) is 4.98. The molecule has 0 aromatic rings. The molecule has 5 nitrogen and oxygen atoms in total. The summed E-state index contributed by atoms with van der Waals surface area (Å²) in [6, 6.07) is 0. The minimum absolute atomic E-state index is 0.446. The third-order valence-electron chi connectivity index (χ3n) is 2.81. The van der Waals surface area contributed by atoms with Crippen molar-refractivity contribution in [2.45, 2.75) is 19.8 Å². The van der Waals surface area contributed by atoms with E-state index in [0.29, 0.717) is 19.0 Å². The second-order valence-electron chi connectivity index (χ2n) is 3.87. The summed E-state index contributed by atoms with van der Waals surface area (Å²) in [6.07, 6.45) is 2.25. The predicted octanol–water partition coefficient (Wildman–Crippen LogP) is -0.228. The lowest BCUT2D eigenvalue weighted by atomic mass is 10.00. The van der Waals surface area contributed by atoms with Crippen LogP contribution in [0.25, 0.3) is 0 Å². The lowest BCUT2D eigenvalue weighted by Gasteiger charge is -2.28. The predicted molar refractivity (Wildman–Crippen MR) is 60.8 cm³/mol. The van der Waals surface area contributed by atoms with Gasteiger partial charge in [-0.3, -0.25) is 0 Å². The molecule has 1 heterocycles. The Bertz CT molecular complexity index is 273. The zero-order valence-electron chi connectivity index (χ0n) is 9.49. The fourth-order valence-electron chi connectivity index (χ4n) is 1.89.